The van der Waals surface area contributed by atoms with Gasteiger partial charge in [-0.1, -0.05) is 28.1 Å². The molecule has 0 aliphatic carbocycles. The van der Waals surface area contributed by atoms with Crippen LogP contribution in [0.1, 0.15) is 12.5 Å². The largest absolute Gasteiger partial charge is 0.262 e. The summed E-state index contributed by atoms with van der Waals surface area (Å²) in [5.74, 6) is 0. The van der Waals surface area contributed by atoms with Crippen LogP contribution in [-0.2, 0) is 16.4 Å². The van der Waals surface area contributed by atoms with Gasteiger partial charge in [-0.15, -0.1) is 0 Å². The molecule has 1 aromatic carbocycles. The van der Waals surface area contributed by atoms with E-state index in [-0.39, 0.29) is 10.9 Å². The van der Waals surface area contributed by atoms with Crippen molar-refractivity contribution in [3.63, 3.8) is 0 Å². The highest BCUT2D eigenvalue weighted by Gasteiger charge is 2.18. The molecule has 21 heavy (non-hydrogen) atoms. The maximum absolute atomic E-state index is 12.3. The van der Waals surface area contributed by atoms with Gasteiger partial charge in [-0.05, 0) is 53.0 Å². The Morgan fingerprint density at radius 1 is 1.14 bits per heavy atom. The first-order chi connectivity index (χ1) is 9.87. The maximum Gasteiger partial charge on any atom is 0.242 e. The fraction of sp³-hybridized carbons (Fsp3) is 0.214. The lowest BCUT2D eigenvalue weighted by molar-refractivity contribution is 0.559. The first-order valence-electron chi connectivity index (χ1n) is 6.24. The number of hydrogen-bond donors (Lipinski definition) is 1. The molecule has 0 spiro atoms. The normalized spacial score (nSPS) is 13.1. The minimum Gasteiger partial charge on any atom is -0.262 e. The first kappa shape index (κ1) is 16.6. The molecule has 7 heteroatoms. The minimum absolute atomic E-state index is 0.152. The summed E-state index contributed by atoms with van der Waals surface area (Å²) in [6, 6.07) is 9.13. The second-order valence-corrected chi connectivity index (χ2v) is 8.24. The Morgan fingerprint density at radius 3 is 2.43 bits per heavy atom. The molecule has 0 fully saturated rings. The number of hydrogen-bond acceptors (Lipinski definition) is 3. The fourth-order valence-electron chi connectivity index (χ4n) is 1.89. The van der Waals surface area contributed by atoms with Gasteiger partial charge in [0.05, 0.1) is 0 Å². The van der Waals surface area contributed by atoms with E-state index in [1.54, 1.807) is 6.20 Å². The Hall–Kier alpha value is -0.760. The molecule has 0 aliphatic rings. The van der Waals surface area contributed by atoms with Crippen molar-refractivity contribution >= 4 is 41.9 Å². The number of sulfonamides is 1. The second-order valence-electron chi connectivity index (χ2n) is 4.69. The van der Waals surface area contributed by atoms with Crippen LogP contribution in [0.2, 0.25) is 0 Å². The van der Waals surface area contributed by atoms with Gasteiger partial charge in [0.1, 0.15) is 4.90 Å². The van der Waals surface area contributed by atoms with Crippen LogP contribution in [0.5, 0.6) is 0 Å². The van der Waals surface area contributed by atoms with Gasteiger partial charge in [-0.3, -0.25) is 4.98 Å². The van der Waals surface area contributed by atoms with Gasteiger partial charge in [0.25, 0.3) is 0 Å². The van der Waals surface area contributed by atoms with E-state index < -0.39 is 10.0 Å². The van der Waals surface area contributed by atoms with Crippen molar-refractivity contribution in [2.24, 2.45) is 0 Å². The third kappa shape index (κ3) is 4.88. The third-order valence-electron chi connectivity index (χ3n) is 2.80. The van der Waals surface area contributed by atoms with Crippen LogP contribution in [0.4, 0.5) is 0 Å². The van der Waals surface area contributed by atoms with Gasteiger partial charge >= 0.3 is 0 Å². The van der Waals surface area contributed by atoms with Gasteiger partial charge in [0.2, 0.25) is 10.0 Å². The van der Waals surface area contributed by atoms with Crippen molar-refractivity contribution in [2.75, 3.05) is 0 Å². The summed E-state index contributed by atoms with van der Waals surface area (Å²) >= 11 is 6.60. The Morgan fingerprint density at radius 2 is 1.81 bits per heavy atom. The molecule has 1 unspecified atom stereocenters. The molecule has 0 radical (unpaired) electrons. The van der Waals surface area contributed by atoms with Crippen LogP contribution < -0.4 is 4.72 Å². The first-order valence-corrected chi connectivity index (χ1v) is 9.31. The van der Waals surface area contributed by atoms with E-state index in [1.165, 1.54) is 12.3 Å². The van der Waals surface area contributed by atoms with Crippen molar-refractivity contribution in [3.05, 3.63) is 57.2 Å². The SMILES string of the molecule is CC(Cc1ccc(Br)cc1)NS(=O)(=O)c1cncc(Br)c1. The lowest BCUT2D eigenvalue weighted by Crippen LogP contribution is -2.34. The average molecular weight is 434 g/mol. The lowest BCUT2D eigenvalue weighted by atomic mass is 10.1. The van der Waals surface area contributed by atoms with Gasteiger partial charge in [0, 0.05) is 27.4 Å². The Kier molecular flexibility index (Phi) is 5.54. The summed E-state index contributed by atoms with van der Waals surface area (Å²) in [6.45, 7) is 1.84. The molecule has 1 aromatic heterocycles. The number of aromatic nitrogens is 1. The van der Waals surface area contributed by atoms with Gasteiger partial charge in [-0.2, -0.15) is 0 Å². The highest BCUT2D eigenvalue weighted by atomic mass is 79.9. The molecule has 1 N–H and O–H groups in total. The van der Waals surface area contributed by atoms with Crippen LogP contribution in [0.25, 0.3) is 0 Å². The maximum atomic E-state index is 12.3. The topological polar surface area (TPSA) is 59.1 Å². The highest BCUT2D eigenvalue weighted by Crippen LogP contribution is 2.16. The predicted octanol–water partition coefficient (Wildman–Crippen LogP) is 3.52. The molecule has 0 aliphatic heterocycles. The average Bonchev–Trinajstić information content (AvgIpc) is 2.41. The van der Waals surface area contributed by atoms with Crippen LogP contribution in [0.3, 0.4) is 0 Å². The Bertz CT molecular complexity index is 718. The van der Waals surface area contributed by atoms with Crippen LogP contribution in [0.15, 0.2) is 56.6 Å². The van der Waals surface area contributed by atoms with Gasteiger partial charge < -0.3 is 0 Å². The zero-order valence-corrected chi connectivity index (χ0v) is 15.2. The zero-order chi connectivity index (χ0) is 15.5. The minimum atomic E-state index is -3.56. The quantitative estimate of drug-likeness (QED) is 0.784. The van der Waals surface area contributed by atoms with Gasteiger partial charge in [-0.25, -0.2) is 13.1 Å². The van der Waals surface area contributed by atoms with Crippen molar-refractivity contribution < 1.29 is 8.42 Å². The number of nitrogens with one attached hydrogen (secondary N) is 1. The summed E-state index contributed by atoms with van der Waals surface area (Å²) in [6.07, 6.45) is 3.50. The van der Waals surface area contributed by atoms with Crippen molar-refractivity contribution in [2.45, 2.75) is 24.3 Å². The Balaban J connectivity index is 2.07. The van der Waals surface area contributed by atoms with Crippen molar-refractivity contribution in [1.82, 2.24) is 9.71 Å². The molecule has 2 rings (SSSR count). The summed E-state index contributed by atoms with van der Waals surface area (Å²) < 4.78 is 28.8. The number of nitrogens with zero attached hydrogens (tertiary/aromatic N) is 1. The molecule has 0 bridgehead atoms. The molecule has 1 heterocycles. The number of halogens is 2. The Labute approximate surface area is 141 Å². The van der Waals surface area contributed by atoms with Crippen LogP contribution in [-0.4, -0.2) is 19.4 Å². The monoisotopic (exact) mass is 432 g/mol. The summed E-state index contributed by atoms with van der Waals surface area (Å²) in [7, 11) is -3.56. The summed E-state index contributed by atoms with van der Waals surface area (Å²) in [5, 5.41) is 0. The lowest BCUT2D eigenvalue weighted by Gasteiger charge is -2.14. The highest BCUT2D eigenvalue weighted by molar-refractivity contribution is 9.10. The fourth-order valence-corrected chi connectivity index (χ4v) is 3.90. The van der Waals surface area contributed by atoms with E-state index in [4.69, 9.17) is 0 Å². The molecule has 2 aromatic rings. The van der Waals surface area contributed by atoms with E-state index in [2.05, 4.69) is 41.6 Å². The standard InChI is InChI=1S/C14H14Br2N2O2S/c1-10(6-11-2-4-12(15)5-3-11)18-21(19,20)14-7-13(16)8-17-9-14/h2-5,7-10,18H,6H2,1H3. The van der Waals surface area contributed by atoms with E-state index in [0.29, 0.717) is 10.9 Å². The zero-order valence-electron chi connectivity index (χ0n) is 11.3. The number of pyridine rings is 1. The molecule has 0 amide bonds. The summed E-state index contributed by atoms with van der Waals surface area (Å²) in [4.78, 5) is 4.03. The van der Waals surface area contributed by atoms with E-state index in [1.807, 2.05) is 31.2 Å². The molecular formula is C14H14Br2N2O2S. The van der Waals surface area contributed by atoms with Crippen molar-refractivity contribution in [1.29, 1.82) is 0 Å². The number of rotatable bonds is 5. The molecular weight excluding hydrogens is 420 g/mol. The molecule has 112 valence electrons. The molecule has 0 saturated heterocycles. The van der Waals surface area contributed by atoms with E-state index in [0.717, 1.165) is 10.0 Å². The van der Waals surface area contributed by atoms with E-state index >= 15 is 0 Å². The van der Waals surface area contributed by atoms with Crippen LogP contribution in [0, 0.1) is 0 Å². The van der Waals surface area contributed by atoms with Crippen molar-refractivity contribution in [3.8, 4) is 0 Å². The smallest absolute Gasteiger partial charge is 0.242 e. The predicted molar refractivity (Wildman–Crippen MR) is 89.6 cm³/mol. The molecule has 1 atom stereocenters. The number of benzene rings is 1. The molecule has 4 nitrogen and oxygen atoms in total. The second kappa shape index (κ2) is 7.00. The molecule has 0 saturated carbocycles. The third-order valence-corrected chi connectivity index (χ3v) is 5.32. The summed E-state index contributed by atoms with van der Waals surface area (Å²) in [5.41, 5.74) is 1.07. The van der Waals surface area contributed by atoms with E-state index in [9.17, 15) is 8.42 Å². The van der Waals surface area contributed by atoms with Gasteiger partial charge in [0.15, 0.2) is 0 Å². The van der Waals surface area contributed by atoms with Crippen LogP contribution >= 0.6 is 31.9 Å².